The van der Waals surface area contributed by atoms with Crippen molar-refractivity contribution < 1.29 is 14.6 Å². The molecule has 0 aliphatic carbocycles. The lowest BCUT2D eigenvalue weighted by Crippen LogP contribution is -2.52. The third kappa shape index (κ3) is 4.64. The molecule has 4 rings (SSSR count). The smallest absolute Gasteiger partial charge is 0.131 e. The van der Waals surface area contributed by atoms with Gasteiger partial charge in [-0.15, -0.1) is 12.4 Å². The second-order valence-corrected chi connectivity index (χ2v) is 8.98. The summed E-state index contributed by atoms with van der Waals surface area (Å²) in [6, 6.07) is 5.70. The van der Waals surface area contributed by atoms with E-state index in [2.05, 4.69) is 10.3 Å². The fourth-order valence-corrected chi connectivity index (χ4v) is 4.60. The first-order valence-corrected chi connectivity index (χ1v) is 10.5. The Bertz CT molecular complexity index is 869. The van der Waals surface area contributed by atoms with Gasteiger partial charge in [0.15, 0.2) is 0 Å². The maximum absolute atomic E-state index is 11.0. The number of aliphatic hydroxyl groups is 1. The van der Waals surface area contributed by atoms with Crippen LogP contribution in [0.1, 0.15) is 50.3 Å². The van der Waals surface area contributed by atoms with Crippen molar-refractivity contribution in [3.05, 3.63) is 34.5 Å². The van der Waals surface area contributed by atoms with Crippen LogP contribution in [0.4, 0.5) is 0 Å². The minimum atomic E-state index is -0.676. The molecule has 1 saturated heterocycles. The minimum absolute atomic E-state index is 0. The van der Waals surface area contributed by atoms with Gasteiger partial charge in [-0.1, -0.05) is 11.6 Å². The SMILES string of the molecule is Cc1cc(Cl)nc2cc3c(cc12)OC(C)(C)C(O)C3NCCC1CCOCC1.Cl. The first-order valence-electron chi connectivity index (χ1n) is 10.1. The van der Waals surface area contributed by atoms with E-state index in [1.807, 2.05) is 39.0 Å². The van der Waals surface area contributed by atoms with Gasteiger partial charge in [-0.3, -0.25) is 0 Å². The number of aliphatic hydroxyl groups excluding tert-OH is 1. The Morgan fingerprint density at radius 2 is 1.97 bits per heavy atom. The van der Waals surface area contributed by atoms with Gasteiger partial charge in [0.1, 0.15) is 22.6 Å². The summed E-state index contributed by atoms with van der Waals surface area (Å²) in [5.74, 6) is 1.49. The maximum atomic E-state index is 11.0. The third-order valence-corrected chi connectivity index (χ3v) is 6.30. The molecule has 2 N–H and O–H groups in total. The molecule has 2 aromatic rings. The second-order valence-electron chi connectivity index (χ2n) is 8.60. The number of nitrogens with zero attached hydrogens (tertiary/aromatic N) is 1. The van der Waals surface area contributed by atoms with Gasteiger partial charge < -0.3 is 19.9 Å². The Labute approximate surface area is 183 Å². The van der Waals surface area contributed by atoms with Crippen LogP contribution in [0.5, 0.6) is 5.75 Å². The molecule has 2 aliphatic heterocycles. The quantitative estimate of drug-likeness (QED) is 0.680. The Kier molecular flexibility index (Phi) is 6.96. The van der Waals surface area contributed by atoms with E-state index in [4.69, 9.17) is 21.1 Å². The van der Waals surface area contributed by atoms with Crippen LogP contribution < -0.4 is 10.1 Å². The lowest BCUT2D eigenvalue weighted by Gasteiger charge is -2.42. The van der Waals surface area contributed by atoms with E-state index in [0.29, 0.717) is 11.1 Å². The normalized spacial score (nSPS) is 23.9. The van der Waals surface area contributed by atoms with Gasteiger partial charge in [0.2, 0.25) is 0 Å². The fourth-order valence-electron chi connectivity index (χ4n) is 4.34. The minimum Gasteiger partial charge on any atom is -0.485 e. The number of halogens is 2. The lowest BCUT2D eigenvalue weighted by molar-refractivity contribution is -0.0646. The lowest BCUT2D eigenvalue weighted by atomic mass is 9.85. The molecule has 2 aliphatic rings. The number of aryl methyl sites for hydroxylation is 1. The summed E-state index contributed by atoms with van der Waals surface area (Å²) in [6.45, 7) is 8.46. The molecule has 0 amide bonds. The number of aromatic nitrogens is 1. The summed E-state index contributed by atoms with van der Waals surface area (Å²) in [4.78, 5) is 4.48. The van der Waals surface area contributed by atoms with Gasteiger partial charge in [0.25, 0.3) is 0 Å². The van der Waals surface area contributed by atoms with Gasteiger partial charge in [0.05, 0.1) is 11.6 Å². The monoisotopic (exact) mass is 440 g/mol. The van der Waals surface area contributed by atoms with Crippen LogP contribution in [-0.4, -0.2) is 41.6 Å². The summed E-state index contributed by atoms with van der Waals surface area (Å²) < 4.78 is 11.6. The Morgan fingerprint density at radius 3 is 2.69 bits per heavy atom. The summed E-state index contributed by atoms with van der Waals surface area (Å²) >= 11 is 6.17. The van der Waals surface area contributed by atoms with E-state index < -0.39 is 11.7 Å². The number of benzene rings is 1. The predicted octanol–water partition coefficient (Wildman–Crippen LogP) is 4.60. The molecular formula is C22H30Cl2N2O3. The number of fused-ring (bicyclic) bond motifs is 2. The molecule has 160 valence electrons. The number of hydrogen-bond donors (Lipinski definition) is 2. The maximum Gasteiger partial charge on any atom is 0.131 e. The third-order valence-electron chi connectivity index (χ3n) is 6.11. The first-order chi connectivity index (χ1) is 13.3. The molecule has 5 nitrogen and oxygen atoms in total. The van der Waals surface area contributed by atoms with E-state index in [1.54, 1.807) is 0 Å². The van der Waals surface area contributed by atoms with E-state index in [0.717, 1.165) is 66.8 Å². The highest BCUT2D eigenvalue weighted by molar-refractivity contribution is 6.29. The van der Waals surface area contributed by atoms with Crippen LogP contribution in [0.3, 0.4) is 0 Å². The van der Waals surface area contributed by atoms with Crippen LogP contribution in [-0.2, 0) is 4.74 Å². The molecule has 2 atom stereocenters. The fraction of sp³-hybridized carbons (Fsp3) is 0.591. The first kappa shape index (κ1) is 22.6. The highest BCUT2D eigenvalue weighted by Crippen LogP contribution is 2.42. The van der Waals surface area contributed by atoms with E-state index in [9.17, 15) is 5.11 Å². The highest BCUT2D eigenvalue weighted by atomic mass is 35.5. The molecule has 1 aromatic carbocycles. The van der Waals surface area contributed by atoms with Gasteiger partial charge in [-0.25, -0.2) is 4.98 Å². The average Bonchev–Trinajstić information content (AvgIpc) is 2.65. The zero-order valence-corrected chi connectivity index (χ0v) is 18.8. The van der Waals surface area contributed by atoms with Crippen molar-refractivity contribution in [2.45, 2.75) is 57.8 Å². The molecule has 7 heteroatoms. The Morgan fingerprint density at radius 1 is 1.24 bits per heavy atom. The predicted molar refractivity (Wildman–Crippen MR) is 118 cm³/mol. The zero-order valence-electron chi connectivity index (χ0n) is 17.2. The van der Waals surface area contributed by atoms with Crippen LogP contribution in [0.25, 0.3) is 10.9 Å². The highest BCUT2D eigenvalue weighted by Gasteiger charge is 2.43. The van der Waals surface area contributed by atoms with Crippen LogP contribution in [0.2, 0.25) is 5.15 Å². The number of rotatable bonds is 4. The Balaban J connectivity index is 0.00000240. The van der Waals surface area contributed by atoms with Gasteiger partial charge in [0, 0.05) is 24.2 Å². The molecule has 0 saturated carbocycles. The van der Waals surface area contributed by atoms with Crippen molar-refractivity contribution in [2.24, 2.45) is 5.92 Å². The number of pyridine rings is 1. The molecular weight excluding hydrogens is 411 g/mol. The van der Waals surface area contributed by atoms with Crippen molar-refractivity contribution in [3.63, 3.8) is 0 Å². The average molecular weight is 441 g/mol. The molecule has 0 radical (unpaired) electrons. The summed E-state index contributed by atoms with van der Waals surface area (Å²) in [7, 11) is 0. The standard InChI is InChI=1S/C22H29ClN2O3.ClH/c1-13-10-19(23)25-17-11-16-18(12-15(13)17)28-22(2,3)21(26)20(16)24-7-4-14-5-8-27-9-6-14;/h10-12,14,20-21,24,26H,4-9H2,1-3H3;1H. The van der Waals surface area contributed by atoms with Crippen molar-refractivity contribution in [1.82, 2.24) is 10.3 Å². The van der Waals surface area contributed by atoms with Gasteiger partial charge >= 0.3 is 0 Å². The zero-order chi connectivity index (χ0) is 19.9. The van der Waals surface area contributed by atoms with E-state index >= 15 is 0 Å². The van der Waals surface area contributed by atoms with Crippen LogP contribution in [0, 0.1) is 12.8 Å². The molecule has 29 heavy (non-hydrogen) atoms. The topological polar surface area (TPSA) is 63.6 Å². The van der Waals surface area contributed by atoms with E-state index in [1.165, 1.54) is 0 Å². The van der Waals surface area contributed by atoms with Crippen molar-refractivity contribution >= 4 is 34.9 Å². The molecule has 3 heterocycles. The summed E-state index contributed by atoms with van der Waals surface area (Å²) in [6.07, 6.45) is 2.66. The number of ether oxygens (including phenoxy) is 2. The van der Waals surface area contributed by atoms with Crippen molar-refractivity contribution in [1.29, 1.82) is 0 Å². The van der Waals surface area contributed by atoms with Crippen molar-refractivity contribution in [2.75, 3.05) is 19.8 Å². The molecule has 1 aromatic heterocycles. The number of hydrogen-bond acceptors (Lipinski definition) is 5. The van der Waals surface area contributed by atoms with Gasteiger partial charge in [-0.05, 0) is 76.3 Å². The molecule has 0 bridgehead atoms. The summed E-state index contributed by atoms with van der Waals surface area (Å²) in [5.41, 5.74) is 2.16. The van der Waals surface area contributed by atoms with Gasteiger partial charge in [-0.2, -0.15) is 0 Å². The molecule has 0 spiro atoms. The van der Waals surface area contributed by atoms with Crippen molar-refractivity contribution in [3.8, 4) is 5.75 Å². The van der Waals surface area contributed by atoms with Crippen LogP contribution in [0.15, 0.2) is 18.2 Å². The number of nitrogens with one attached hydrogen (secondary N) is 1. The largest absolute Gasteiger partial charge is 0.485 e. The van der Waals surface area contributed by atoms with Crippen LogP contribution >= 0.6 is 24.0 Å². The second kappa shape index (κ2) is 8.94. The molecule has 2 unspecified atom stereocenters. The molecule has 1 fully saturated rings. The Hall–Kier alpha value is -1.11. The van der Waals surface area contributed by atoms with E-state index in [-0.39, 0.29) is 18.4 Å². The summed E-state index contributed by atoms with van der Waals surface area (Å²) in [5, 5.41) is 16.1.